The van der Waals surface area contributed by atoms with E-state index in [9.17, 15) is 34.6 Å². The van der Waals surface area contributed by atoms with E-state index in [0.29, 0.717) is 0 Å². The number of nitrogens with two attached hydrogens (primary N) is 2. The first-order valence-corrected chi connectivity index (χ1v) is 13.3. The number of nitrogen functional groups attached to an aromatic ring is 2. The van der Waals surface area contributed by atoms with Crippen LogP contribution in [0.3, 0.4) is 0 Å². The van der Waals surface area contributed by atoms with Gasteiger partial charge in [-0.1, -0.05) is 0 Å². The highest BCUT2D eigenvalue weighted by atomic mass is 31.2. The molecule has 4 rings (SSSR count). The van der Waals surface area contributed by atoms with Gasteiger partial charge in [-0.25, -0.2) is 9.59 Å². The number of aliphatic hydroxyl groups excluding tert-OH is 3. The van der Waals surface area contributed by atoms with Crippen molar-refractivity contribution >= 4 is 19.2 Å². The number of aliphatic hydroxyl groups is 5. The van der Waals surface area contributed by atoms with Gasteiger partial charge in [0.25, 0.3) is 0 Å². The molecule has 2 saturated heterocycles. The minimum atomic E-state index is -4.49. The highest BCUT2D eigenvalue weighted by Crippen LogP contribution is 2.41. The van der Waals surface area contributed by atoms with Gasteiger partial charge in [-0.2, -0.15) is 9.97 Å². The van der Waals surface area contributed by atoms with Gasteiger partial charge in [0.15, 0.2) is 25.1 Å². The van der Waals surface area contributed by atoms with Crippen LogP contribution in [0.2, 0.25) is 0 Å². The Labute approximate surface area is 225 Å². The average molecular weight is 594 g/mol. The lowest BCUT2D eigenvalue weighted by atomic mass is 9.96. The zero-order valence-corrected chi connectivity index (χ0v) is 22.1. The minimum absolute atomic E-state index is 0.0336. The Kier molecular flexibility index (Phi) is 9.19. The number of hydrogen-bond donors (Lipinski definition) is 9. The molecule has 224 valence electrons. The van der Waals surface area contributed by atoms with E-state index in [1.165, 1.54) is 38.4 Å². The molecule has 0 amide bonds. The fourth-order valence-electron chi connectivity index (χ4n) is 4.01. The SMILES string of the molecule is C[C@@]1(O)C(O)[C@@H](CO)O[C@H]1n1ccc(N)nc1=O.C[C@@]1(O)C(O)[C@@H](OCP(=O)(O)O)O[C@H]1n1ccc(N)nc1=O. The molecule has 0 aliphatic carbocycles. The Morgan fingerprint density at radius 3 is 1.80 bits per heavy atom. The smallest absolute Gasteiger partial charge is 0.351 e. The standard InChI is InChI=1S/C10H16N3O8P.C10H15N3O5/c1-10(16)6(14)7(20-4-22(17,18)19)21-8(10)13-3-2-5(11)12-9(13)15;1-10(17)7(15)5(4-14)18-8(10)13-3-2-6(11)12-9(13)16/h2-3,6-8,14,16H,4H2,1H3,(H2,11,12,15)(H2,17,18,19);2-3,5,7-8,14-15,17H,4H2,1H3,(H2,11,12,16)/t6?,7-,8+,10+;5-,7?,8-,10-/m01/s1. The maximum Gasteiger partial charge on any atom is 0.351 e. The zero-order valence-electron chi connectivity index (χ0n) is 21.2. The van der Waals surface area contributed by atoms with E-state index in [2.05, 4.69) is 9.97 Å². The third kappa shape index (κ3) is 6.56. The van der Waals surface area contributed by atoms with Gasteiger partial charge >= 0.3 is 19.0 Å². The first-order chi connectivity index (χ1) is 18.4. The van der Waals surface area contributed by atoms with Crippen LogP contribution in [0.15, 0.2) is 34.1 Å². The molecule has 2 fully saturated rings. The molecule has 0 saturated carbocycles. The van der Waals surface area contributed by atoms with Crippen molar-refractivity contribution in [2.45, 2.75) is 62.1 Å². The third-order valence-corrected chi connectivity index (χ3v) is 6.65. The summed E-state index contributed by atoms with van der Waals surface area (Å²) in [6.45, 7) is 2.04. The second-order valence-corrected chi connectivity index (χ2v) is 11.0. The van der Waals surface area contributed by atoms with Crippen LogP contribution >= 0.6 is 7.60 Å². The topological polar surface area (TPSA) is 308 Å². The molecule has 2 aromatic heterocycles. The van der Waals surface area contributed by atoms with Crippen LogP contribution in [-0.4, -0.2) is 103 Å². The predicted molar refractivity (Wildman–Crippen MR) is 132 cm³/mol. The summed E-state index contributed by atoms with van der Waals surface area (Å²) in [5.74, 6) is 0.0156. The lowest BCUT2D eigenvalue weighted by Crippen LogP contribution is -2.46. The van der Waals surface area contributed by atoms with Crippen molar-refractivity contribution in [2.24, 2.45) is 0 Å². The Balaban J connectivity index is 0.000000225. The summed E-state index contributed by atoms with van der Waals surface area (Å²) >= 11 is 0. The molecule has 8 atom stereocenters. The van der Waals surface area contributed by atoms with Crippen LogP contribution < -0.4 is 22.8 Å². The predicted octanol–water partition coefficient (Wildman–Crippen LogP) is -4.23. The number of nitrogens with zero attached hydrogens (tertiary/aromatic N) is 4. The van der Waals surface area contributed by atoms with Gasteiger partial charge in [-0.05, 0) is 26.0 Å². The summed E-state index contributed by atoms with van der Waals surface area (Å²) in [5.41, 5.74) is 5.51. The molecule has 0 spiro atoms. The molecular weight excluding hydrogens is 563 g/mol. The summed E-state index contributed by atoms with van der Waals surface area (Å²) in [4.78, 5) is 47.9. The monoisotopic (exact) mass is 594 g/mol. The second kappa shape index (κ2) is 11.6. The van der Waals surface area contributed by atoms with Crippen LogP contribution in [0.1, 0.15) is 26.3 Å². The fraction of sp³-hybridized carbons (Fsp3) is 0.600. The lowest BCUT2D eigenvalue weighted by molar-refractivity contribution is -0.169. The van der Waals surface area contributed by atoms with E-state index in [-0.39, 0.29) is 11.6 Å². The van der Waals surface area contributed by atoms with E-state index < -0.39 is 80.2 Å². The summed E-state index contributed by atoms with van der Waals surface area (Å²) in [6, 6.07) is 2.66. The van der Waals surface area contributed by atoms with Gasteiger partial charge in [-0.3, -0.25) is 13.7 Å². The van der Waals surface area contributed by atoms with E-state index in [1.807, 2.05) is 0 Å². The normalized spacial score (nSPS) is 33.9. The number of ether oxygens (including phenoxy) is 3. The van der Waals surface area contributed by atoms with Crippen molar-refractivity contribution in [1.82, 2.24) is 19.1 Å². The maximum atomic E-state index is 11.8. The Morgan fingerprint density at radius 1 is 0.950 bits per heavy atom. The molecule has 2 unspecified atom stereocenters. The molecule has 40 heavy (non-hydrogen) atoms. The van der Waals surface area contributed by atoms with E-state index >= 15 is 0 Å². The van der Waals surface area contributed by atoms with Crippen LogP contribution in [0.5, 0.6) is 0 Å². The van der Waals surface area contributed by atoms with E-state index in [0.717, 1.165) is 9.13 Å². The molecule has 4 heterocycles. The van der Waals surface area contributed by atoms with E-state index in [1.54, 1.807) is 0 Å². The molecular formula is C20H31N6O13P. The fourth-order valence-corrected chi connectivity index (χ4v) is 4.35. The maximum absolute atomic E-state index is 11.8. The van der Waals surface area contributed by atoms with Gasteiger partial charge in [0.05, 0.1) is 6.61 Å². The molecule has 11 N–H and O–H groups in total. The highest BCUT2D eigenvalue weighted by molar-refractivity contribution is 7.51. The van der Waals surface area contributed by atoms with Crippen LogP contribution in [0, 0.1) is 0 Å². The third-order valence-electron chi connectivity index (χ3n) is 6.17. The Morgan fingerprint density at radius 2 is 1.40 bits per heavy atom. The summed E-state index contributed by atoms with van der Waals surface area (Å²) in [7, 11) is -4.49. The molecule has 0 radical (unpaired) electrons. The van der Waals surface area contributed by atoms with Crippen molar-refractivity contribution in [3.05, 3.63) is 45.5 Å². The quantitative estimate of drug-likeness (QED) is 0.143. The van der Waals surface area contributed by atoms with Crippen molar-refractivity contribution in [3.8, 4) is 0 Å². The molecule has 20 heteroatoms. The van der Waals surface area contributed by atoms with Crippen molar-refractivity contribution in [2.75, 3.05) is 24.4 Å². The second-order valence-electron chi connectivity index (χ2n) is 9.45. The van der Waals surface area contributed by atoms with Crippen molar-refractivity contribution in [3.63, 3.8) is 0 Å². The minimum Gasteiger partial charge on any atom is -0.394 e. The average Bonchev–Trinajstić information content (AvgIpc) is 3.21. The van der Waals surface area contributed by atoms with E-state index in [4.69, 9.17) is 40.6 Å². The molecule has 0 bridgehead atoms. The Bertz CT molecular complexity index is 1360. The van der Waals surface area contributed by atoms with Crippen LogP contribution in [0.25, 0.3) is 0 Å². The lowest BCUT2D eigenvalue weighted by Gasteiger charge is -2.27. The van der Waals surface area contributed by atoms with Crippen molar-refractivity contribution < 1.29 is 54.1 Å². The van der Waals surface area contributed by atoms with Gasteiger partial charge in [-0.15, -0.1) is 0 Å². The van der Waals surface area contributed by atoms with Crippen molar-refractivity contribution in [1.29, 1.82) is 0 Å². The molecule has 0 aromatic carbocycles. The first kappa shape index (κ1) is 31.7. The highest BCUT2D eigenvalue weighted by Gasteiger charge is 2.55. The van der Waals surface area contributed by atoms with Gasteiger partial charge in [0.1, 0.15) is 41.1 Å². The first-order valence-electron chi connectivity index (χ1n) is 11.5. The van der Waals surface area contributed by atoms with Crippen LogP contribution in [0.4, 0.5) is 11.6 Å². The summed E-state index contributed by atoms with van der Waals surface area (Å²) in [5, 5.41) is 49.3. The molecule has 2 aromatic rings. The molecule has 2 aliphatic rings. The zero-order chi connectivity index (χ0) is 30.2. The number of aromatic nitrogens is 4. The van der Waals surface area contributed by atoms with Crippen LogP contribution in [-0.2, 0) is 18.8 Å². The van der Waals surface area contributed by atoms with Gasteiger partial charge in [0.2, 0.25) is 0 Å². The molecule has 19 nitrogen and oxygen atoms in total. The molecule has 2 aliphatic heterocycles. The number of rotatable bonds is 6. The Hall–Kier alpha value is -2.81. The number of hydrogen-bond acceptors (Lipinski definition) is 15. The summed E-state index contributed by atoms with van der Waals surface area (Å²) < 4.78 is 28.0. The van der Waals surface area contributed by atoms with Gasteiger partial charge < -0.3 is 61.0 Å². The summed E-state index contributed by atoms with van der Waals surface area (Å²) in [6.07, 6.45) is -6.43. The van der Waals surface area contributed by atoms with Gasteiger partial charge in [0, 0.05) is 12.4 Å². The number of anilines is 2. The largest absolute Gasteiger partial charge is 0.394 e.